The minimum absolute atomic E-state index is 0. The Morgan fingerprint density at radius 2 is 1.36 bits per heavy atom. The Kier molecular flexibility index (Phi) is 6.57. The van der Waals surface area contributed by atoms with Crippen molar-refractivity contribution in [2.45, 2.75) is 5.41 Å². The maximum Gasteiger partial charge on any atom is 0.124 e. The predicted octanol–water partition coefficient (Wildman–Crippen LogP) is 8.29. The van der Waals surface area contributed by atoms with E-state index in [-0.39, 0.29) is 26.8 Å². The summed E-state index contributed by atoms with van der Waals surface area (Å²) in [4.78, 5) is 15.4. The van der Waals surface area contributed by atoms with Crippen LogP contribution in [0.15, 0.2) is 127 Å². The molecule has 0 atom stereocenters. The Labute approximate surface area is 261 Å². The maximum absolute atomic E-state index is 10.7. The van der Waals surface area contributed by atoms with Crippen molar-refractivity contribution in [1.82, 2.24) is 15.0 Å². The summed E-state index contributed by atoms with van der Waals surface area (Å²) in [6.07, 6.45) is 1.63. The van der Waals surface area contributed by atoms with E-state index in [2.05, 4.69) is 94.9 Å². The summed E-state index contributed by atoms with van der Waals surface area (Å²) in [5, 5.41) is 13.8. The van der Waals surface area contributed by atoms with Gasteiger partial charge in [-0.1, -0.05) is 66.7 Å². The van der Waals surface area contributed by atoms with Gasteiger partial charge in [0.25, 0.3) is 0 Å². The topological polar surface area (TPSA) is 58.9 Å². The number of thiophene rings is 1. The van der Waals surface area contributed by atoms with Gasteiger partial charge in [0.15, 0.2) is 0 Å². The molecule has 0 spiro atoms. The molecule has 0 radical (unpaired) electrons. The Morgan fingerprint density at radius 3 is 2.12 bits per heavy atom. The van der Waals surface area contributed by atoms with Gasteiger partial charge in [0.1, 0.15) is 16.9 Å². The van der Waals surface area contributed by atoms with E-state index in [9.17, 15) is 5.11 Å². The molecule has 42 heavy (non-hydrogen) atoms. The van der Waals surface area contributed by atoms with Crippen LogP contribution >= 0.6 is 11.3 Å². The van der Waals surface area contributed by atoms with Crippen LogP contribution in [0.5, 0.6) is 5.75 Å². The van der Waals surface area contributed by atoms with Crippen molar-refractivity contribution in [2.24, 2.45) is 0 Å². The van der Waals surface area contributed by atoms with E-state index in [1.54, 1.807) is 23.7 Å². The van der Waals surface area contributed by atoms with Gasteiger partial charge in [0, 0.05) is 26.6 Å². The minimum atomic E-state index is -0.732. The van der Waals surface area contributed by atoms with Gasteiger partial charge in [-0.25, -0.2) is 4.98 Å². The van der Waals surface area contributed by atoms with Crippen molar-refractivity contribution >= 4 is 21.6 Å². The first-order valence-electron chi connectivity index (χ1n) is 13.4. The Hall–Kier alpha value is -4.44. The van der Waals surface area contributed by atoms with E-state index in [1.807, 2.05) is 35.7 Å². The fraction of sp³-hybridized carbons (Fsp3) is 0.0278. The number of para-hydroxylation sites is 1. The van der Waals surface area contributed by atoms with Gasteiger partial charge in [-0.15, -0.1) is 46.7 Å². The normalized spacial score (nSPS) is 12.9. The molecule has 4 nitrogen and oxygen atoms in total. The first-order valence-corrected chi connectivity index (χ1v) is 14.3. The number of aromatic hydroxyl groups is 1. The van der Waals surface area contributed by atoms with Gasteiger partial charge in [-0.05, 0) is 69.0 Å². The molecule has 1 N–H and O–H groups in total. The molecule has 1 aliphatic rings. The first kappa shape index (κ1) is 26.5. The van der Waals surface area contributed by atoms with Crippen molar-refractivity contribution in [3.63, 3.8) is 0 Å². The molecule has 0 amide bonds. The van der Waals surface area contributed by atoms with Crippen LogP contribution in [0.2, 0.25) is 0 Å². The second-order valence-corrected chi connectivity index (χ2v) is 11.0. The second-order valence-electron chi connectivity index (χ2n) is 10.1. The zero-order chi connectivity index (χ0) is 27.4. The second kappa shape index (κ2) is 10.4. The molecular weight excluding hydrogens is 718 g/mol. The molecule has 0 saturated heterocycles. The number of aromatic nitrogens is 3. The van der Waals surface area contributed by atoms with E-state index < -0.39 is 5.41 Å². The van der Waals surface area contributed by atoms with E-state index in [4.69, 9.17) is 4.98 Å². The molecule has 0 bridgehead atoms. The zero-order valence-electron chi connectivity index (χ0n) is 22.1. The van der Waals surface area contributed by atoms with E-state index in [0.717, 1.165) is 43.9 Å². The Balaban J connectivity index is 0.00000288. The SMILES string of the molecule is Oc1ccccc1-c1cccc(C2(c3[c-]c(-c4ncnc5sccc45)ccc3)c3ccccc3-c3ccccc32)n1.[Pt]. The number of hydrogen-bond donors (Lipinski definition) is 1. The van der Waals surface area contributed by atoms with E-state index >= 15 is 0 Å². The van der Waals surface area contributed by atoms with Crippen LogP contribution < -0.4 is 0 Å². The summed E-state index contributed by atoms with van der Waals surface area (Å²) in [6, 6.07) is 42.7. The third-order valence-corrected chi connectivity index (χ3v) is 8.80. The number of fused-ring (bicyclic) bond motifs is 4. The molecule has 0 fully saturated rings. The summed E-state index contributed by atoms with van der Waals surface area (Å²) >= 11 is 1.61. The van der Waals surface area contributed by atoms with Gasteiger partial charge in [0.05, 0.1) is 16.8 Å². The summed E-state index contributed by atoms with van der Waals surface area (Å²) in [6.45, 7) is 0. The molecule has 204 valence electrons. The smallest absolute Gasteiger partial charge is 0.124 e. The minimum Gasteiger partial charge on any atom is -0.507 e. The van der Waals surface area contributed by atoms with Crippen LogP contribution in [0, 0.1) is 6.07 Å². The molecule has 4 aromatic carbocycles. The quantitative estimate of drug-likeness (QED) is 0.185. The number of rotatable bonds is 4. The molecule has 0 saturated carbocycles. The van der Waals surface area contributed by atoms with Gasteiger partial charge in [-0.3, -0.25) is 9.97 Å². The average molecular weight is 740 g/mol. The largest absolute Gasteiger partial charge is 0.507 e. The summed E-state index contributed by atoms with van der Waals surface area (Å²) in [7, 11) is 0. The molecule has 1 aliphatic carbocycles. The molecule has 0 aliphatic heterocycles. The number of nitrogens with zero attached hydrogens (tertiary/aromatic N) is 3. The summed E-state index contributed by atoms with van der Waals surface area (Å²) in [5.41, 5.74) is 8.97. The Bertz CT molecular complexity index is 2060. The average Bonchev–Trinajstić information content (AvgIpc) is 3.63. The third-order valence-electron chi connectivity index (χ3n) is 7.98. The predicted molar refractivity (Wildman–Crippen MR) is 164 cm³/mol. The van der Waals surface area contributed by atoms with Gasteiger partial charge < -0.3 is 5.11 Å². The fourth-order valence-corrected chi connectivity index (χ4v) is 6.99. The van der Waals surface area contributed by atoms with Crippen molar-refractivity contribution in [3.05, 3.63) is 155 Å². The summed E-state index contributed by atoms with van der Waals surface area (Å²) in [5.74, 6) is 0.204. The van der Waals surface area contributed by atoms with Gasteiger partial charge in [-0.2, -0.15) is 0 Å². The monoisotopic (exact) mass is 739 g/mol. The van der Waals surface area contributed by atoms with E-state index in [1.165, 1.54) is 11.1 Å². The van der Waals surface area contributed by atoms with Crippen LogP contribution in [-0.4, -0.2) is 20.1 Å². The molecule has 8 rings (SSSR count). The van der Waals surface area contributed by atoms with Gasteiger partial charge in [0.2, 0.25) is 0 Å². The van der Waals surface area contributed by atoms with Crippen LogP contribution in [0.1, 0.15) is 22.4 Å². The maximum atomic E-state index is 10.7. The molecule has 6 heteroatoms. The number of hydrogen-bond acceptors (Lipinski definition) is 5. The number of benzene rings is 4. The number of phenolic OH excluding ortho intramolecular Hbond substituents is 1. The standard InChI is InChI=1S/C36H22N3OS.Pt/c40-32-17-6-3-13-27(32)31-16-8-18-33(39-31)36(29-14-4-1-11-25(29)26-12-2-5-15-30(26)36)24-10-7-9-23(21-24)34-28-19-20-41-35(28)38-22-37-34;/h1-20,22,40H;/q-1;. The fourth-order valence-electron chi connectivity index (χ4n) is 6.25. The van der Waals surface area contributed by atoms with Crippen molar-refractivity contribution in [1.29, 1.82) is 0 Å². The molecular formula is C36H22N3OPtS-. The van der Waals surface area contributed by atoms with Crippen LogP contribution in [0.25, 0.3) is 43.9 Å². The third kappa shape index (κ3) is 3.88. The summed E-state index contributed by atoms with van der Waals surface area (Å²) < 4.78 is 0. The number of pyridine rings is 1. The van der Waals surface area contributed by atoms with Crippen LogP contribution in [0.4, 0.5) is 0 Å². The van der Waals surface area contributed by atoms with Crippen molar-refractivity contribution < 1.29 is 26.2 Å². The molecule has 7 aromatic rings. The van der Waals surface area contributed by atoms with Crippen molar-refractivity contribution in [2.75, 3.05) is 0 Å². The van der Waals surface area contributed by atoms with Crippen molar-refractivity contribution in [3.8, 4) is 39.4 Å². The van der Waals surface area contributed by atoms with Crippen LogP contribution in [0.3, 0.4) is 0 Å². The zero-order valence-corrected chi connectivity index (χ0v) is 25.2. The molecule has 3 heterocycles. The van der Waals surface area contributed by atoms with Gasteiger partial charge >= 0.3 is 0 Å². The van der Waals surface area contributed by atoms with E-state index in [0.29, 0.717) is 11.3 Å². The Morgan fingerprint density at radius 1 is 0.667 bits per heavy atom. The molecule has 0 unspecified atom stereocenters. The first-order chi connectivity index (χ1) is 20.2. The van der Waals surface area contributed by atoms with Crippen LogP contribution in [-0.2, 0) is 26.5 Å². The molecule has 3 aromatic heterocycles. The number of phenols is 1.